The van der Waals surface area contributed by atoms with Gasteiger partial charge in [-0.2, -0.15) is 0 Å². The van der Waals surface area contributed by atoms with Crippen LogP contribution < -0.4 is 5.32 Å². The summed E-state index contributed by atoms with van der Waals surface area (Å²) in [6.07, 6.45) is 5.71. The third-order valence-electron chi connectivity index (χ3n) is 2.87. The number of rotatable bonds is 8. The lowest BCUT2D eigenvalue weighted by atomic mass is 10.2. The summed E-state index contributed by atoms with van der Waals surface area (Å²) in [5, 5.41) is 3.10. The van der Waals surface area contributed by atoms with Crippen molar-refractivity contribution in [1.82, 2.24) is 10.2 Å². The summed E-state index contributed by atoms with van der Waals surface area (Å²) in [6, 6.07) is 0. The number of allylic oxidation sites excluding steroid dienone is 3. The lowest BCUT2D eigenvalue weighted by molar-refractivity contribution is 0.0278. The molecular formula is C19H31N3O2. The number of amides is 1. The summed E-state index contributed by atoms with van der Waals surface area (Å²) in [4.78, 5) is 18.1. The molecule has 0 saturated heterocycles. The fourth-order valence-corrected chi connectivity index (χ4v) is 1.72. The molecule has 0 aliphatic heterocycles. The highest BCUT2D eigenvalue weighted by Crippen LogP contribution is 2.11. The topological polar surface area (TPSA) is 53.9 Å². The van der Waals surface area contributed by atoms with Gasteiger partial charge in [0.15, 0.2) is 0 Å². The third-order valence-corrected chi connectivity index (χ3v) is 2.87. The Labute approximate surface area is 146 Å². The molecule has 0 aliphatic rings. The predicted octanol–water partition coefficient (Wildman–Crippen LogP) is 4.06. The maximum Gasteiger partial charge on any atom is 0.410 e. The highest BCUT2D eigenvalue weighted by Gasteiger charge is 2.22. The van der Waals surface area contributed by atoms with Crippen molar-refractivity contribution in [3.8, 4) is 0 Å². The fourth-order valence-electron chi connectivity index (χ4n) is 1.72. The van der Waals surface area contributed by atoms with Crippen molar-refractivity contribution in [3.63, 3.8) is 0 Å². The van der Waals surface area contributed by atoms with E-state index in [2.05, 4.69) is 30.0 Å². The highest BCUT2D eigenvalue weighted by atomic mass is 16.6. The Balaban J connectivity index is 4.94. The molecule has 0 unspecified atom stereocenters. The summed E-state index contributed by atoms with van der Waals surface area (Å²) in [5.41, 5.74) is 0.803. The van der Waals surface area contributed by atoms with Gasteiger partial charge in [-0.05, 0) is 32.8 Å². The van der Waals surface area contributed by atoms with Gasteiger partial charge in [-0.3, -0.25) is 4.99 Å². The van der Waals surface area contributed by atoms with Gasteiger partial charge in [-0.1, -0.05) is 44.9 Å². The lowest BCUT2D eigenvalue weighted by Gasteiger charge is -2.28. The lowest BCUT2D eigenvalue weighted by Crippen LogP contribution is -2.43. The quantitative estimate of drug-likeness (QED) is 0.414. The Morgan fingerprint density at radius 1 is 1.33 bits per heavy atom. The van der Waals surface area contributed by atoms with Crippen LogP contribution in [0, 0.1) is 0 Å². The summed E-state index contributed by atoms with van der Waals surface area (Å²) in [5.74, 6) is 0.618. The van der Waals surface area contributed by atoms with Gasteiger partial charge in [0, 0.05) is 19.3 Å². The van der Waals surface area contributed by atoms with Gasteiger partial charge >= 0.3 is 6.09 Å². The molecule has 0 fully saturated rings. The number of carbonyl (C=O) groups excluding carboxylic acids is 1. The van der Waals surface area contributed by atoms with E-state index in [9.17, 15) is 4.79 Å². The molecule has 1 amide bonds. The Hall–Kier alpha value is -2.30. The minimum Gasteiger partial charge on any atom is -0.444 e. The number of nitrogens with one attached hydrogen (secondary N) is 1. The first kappa shape index (κ1) is 21.7. The largest absolute Gasteiger partial charge is 0.444 e. The van der Waals surface area contributed by atoms with Crippen molar-refractivity contribution in [3.05, 3.63) is 49.2 Å². The van der Waals surface area contributed by atoms with Gasteiger partial charge in [0.05, 0.1) is 6.54 Å². The molecular weight excluding hydrogens is 302 g/mol. The molecule has 0 bridgehead atoms. The molecule has 0 heterocycles. The summed E-state index contributed by atoms with van der Waals surface area (Å²) in [6.45, 7) is 19.9. The van der Waals surface area contributed by atoms with E-state index in [4.69, 9.17) is 4.74 Å². The molecule has 0 aromatic carbocycles. The van der Waals surface area contributed by atoms with Crippen molar-refractivity contribution in [2.45, 2.75) is 39.7 Å². The number of nitrogens with zero attached hydrogens (tertiary/aromatic N) is 2. The minimum atomic E-state index is -0.534. The molecule has 134 valence electrons. The summed E-state index contributed by atoms with van der Waals surface area (Å²) >= 11 is 0. The number of amidine groups is 1. The smallest absolute Gasteiger partial charge is 0.410 e. The average Bonchev–Trinajstić information content (AvgIpc) is 2.49. The van der Waals surface area contributed by atoms with E-state index >= 15 is 0 Å². The van der Waals surface area contributed by atoms with Crippen LogP contribution in [0.2, 0.25) is 0 Å². The Bertz CT molecular complexity index is 525. The monoisotopic (exact) mass is 333 g/mol. The molecule has 0 atom stereocenters. The SMILES string of the molecule is C=C/C=C\C(=C)C(=C)NC(CN(CCC)C(=O)OC(C)(C)C)=NC. The van der Waals surface area contributed by atoms with E-state index < -0.39 is 5.60 Å². The molecule has 0 saturated carbocycles. The van der Waals surface area contributed by atoms with Gasteiger partial charge in [-0.25, -0.2) is 4.79 Å². The van der Waals surface area contributed by atoms with Crippen LogP contribution in [0.1, 0.15) is 34.1 Å². The molecule has 1 N–H and O–H groups in total. The van der Waals surface area contributed by atoms with Crippen LogP contribution in [0.4, 0.5) is 4.79 Å². The van der Waals surface area contributed by atoms with Gasteiger partial charge in [-0.15, -0.1) is 0 Å². The van der Waals surface area contributed by atoms with Crippen LogP contribution in [0.5, 0.6) is 0 Å². The van der Waals surface area contributed by atoms with Crippen LogP contribution >= 0.6 is 0 Å². The molecule has 0 spiro atoms. The molecule has 0 aromatic rings. The van der Waals surface area contributed by atoms with E-state index in [0.717, 1.165) is 12.0 Å². The number of hydrogen-bond acceptors (Lipinski definition) is 3. The number of ether oxygens (including phenoxy) is 1. The molecule has 0 aromatic heterocycles. The van der Waals surface area contributed by atoms with Crippen LogP contribution in [-0.2, 0) is 4.74 Å². The van der Waals surface area contributed by atoms with E-state index in [-0.39, 0.29) is 6.09 Å². The molecule has 5 nitrogen and oxygen atoms in total. The average molecular weight is 333 g/mol. The first-order valence-corrected chi connectivity index (χ1v) is 8.02. The Kier molecular flexibility index (Phi) is 9.47. The predicted molar refractivity (Wildman–Crippen MR) is 102 cm³/mol. The van der Waals surface area contributed by atoms with Crippen molar-refractivity contribution < 1.29 is 9.53 Å². The normalized spacial score (nSPS) is 12.0. The fraction of sp³-hybridized carbons (Fsp3) is 0.474. The molecule has 24 heavy (non-hydrogen) atoms. The van der Waals surface area contributed by atoms with Crippen molar-refractivity contribution in [2.75, 3.05) is 20.1 Å². The maximum absolute atomic E-state index is 12.3. The second-order valence-corrected chi connectivity index (χ2v) is 6.30. The minimum absolute atomic E-state index is 0.316. The van der Waals surface area contributed by atoms with Crippen LogP contribution in [0.25, 0.3) is 0 Å². The highest BCUT2D eigenvalue weighted by molar-refractivity contribution is 5.88. The number of carbonyl (C=O) groups is 1. The Morgan fingerprint density at radius 3 is 2.42 bits per heavy atom. The second kappa shape index (κ2) is 10.5. The zero-order valence-electron chi connectivity index (χ0n) is 15.7. The van der Waals surface area contributed by atoms with E-state index in [1.165, 1.54) is 0 Å². The third kappa shape index (κ3) is 8.98. The van der Waals surface area contributed by atoms with Crippen LogP contribution in [0.3, 0.4) is 0 Å². The zero-order valence-corrected chi connectivity index (χ0v) is 15.7. The van der Waals surface area contributed by atoms with E-state index in [1.54, 1.807) is 30.2 Å². The van der Waals surface area contributed by atoms with Crippen molar-refractivity contribution >= 4 is 11.9 Å². The van der Waals surface area contributed by atoms with Gasteiger partial charge in [0.25, 0.3) is 0 Å². The van der Waals surface area contributed by atoms with Gasteiger partial charge in [0.1, 0.15) is 11.4 Å². The first-order valence-electron chi connectivity index (χ1n) is 8.02. The standard InChI is InChI=1S/C19H31N3O2/c1-9-11-12-15(3)16(4)21-17(20-8)14-22(13-10-2)18(23)24-19(5,6)7/h9,11-12H,1,3-4,10,13-14H2,2,5-8H3,(H,20,21)/b12-11-. The van der Waals surface area contributed by atoms with E-state index in [0.29, 0.717) is 24.6 Å². The van der Waals surface area contributed by atoms with Gasteiger partial charge < -0.3 is 15.0 Å². The Morgan fingerprint density at radius 2 is 1.96 bits per heavy atom. The molecule has 0 radical (unpaired) electrons. The van der Waals surface area contributed by atoms with Crippen LogP contribution in [-0.4, -0.2) is 42.6 Å². The molecule has 0 rings (SSSR count). The zero-order chi connectivity index (χ0) is 18.8. The van der Waals surface area contributed by atoms with Crippen molar-refractivity contribution in [1.29, 1.82) is 0 Å². The molecule has 5 heteroatoms. The number of hydrogen-bond donors (Lipinski definition) is 1. The van der Waals surface area contributed by atoms with Crippen molar-refractivity contribution in [2.24, 2.45) is 4.99 Å². The second-order valence-electron chi connectivity index (χ2n) is 6.30. The van der Waals surface area contributed by atoms with E-state index in [1.807, 2.05) is 27.7 Å². The first-order chi connectivity index (χ1) is 11.1. The maximum atomic E-state index is 12.3. The summed E-state index contributed by atoms with van der Waals surface area (Å²) < 4.78 is 5.45. The molecule has 0 aliphatic carbocycles. The van der Waals surface area contributed by atoms with Gasteiger partial charge in [0.2, 0.25) is 0 Å². The summed E-state index contributed by atoms with van der Waals surface area (Å²) in [7, 11) is 1.66. The number of aliphatic imine (C=N–C) groups is 1. The van der Waals surface area contributed by atoms with Crippen LogP contribution in [0.15, 0.2) is 54.2 Å².